The Morgan fingerprint density at radius 2 is 1.81 bits per heavy atom. The third kappa shape index (κ3) is 3.11. The highest BCUT2D eigenvalue weighted by molar-refractivity contribution is 5.47. The number of rotatable bonds is 4. The van der Waals surface area contributed by atoms with Gasteiger partial charge in [-0.1, -0.05) is 6.92 Å². The molecule has 0 aliphatic rings. The minimum Gasteiger partial charge on any atom is -0.493 e. The predicted molar refractivity (Wildman–Crippen MR) is 73.5 cm³/mol. The van der Waals surface area contributed by atoms with Gasteiger partial charge in [0.15, 0.2) is 23.1 Å². The van der Waals surface area contributed by atoms with Gasteiger partial charge in [-0.15, -0.1) is 0 Å². The fourth-order valence-electron chi connectivity index (χ4n) is 1.86. The summed E-state index contributed by atoms with van der Waals surface area (Å²) in [7, 11) is 1.43. The van der Waals surface area contributed by atoms with Gasteiger partial charge in [0.25, 0.3) is 0 Å². The van der Waals surface area contributed by atoms with E-state index < -0.39 is 11.6 Å². The molecule has 2 aromatic carbocycles. The Morgan fingerprint density at radius 3 is 2.38 bits per heavy atom. The molecule has 0 aliphatic heterocycles. The topological polar surface area (TPSA) is 42.2 Å². The maximum atomic E-state index is 13.8. The highest BCUT2D eigenvalue weighted by atomic mass is 19.1. The minimum absolute atomic E-state index is 0.0795. The molecule has 0 bridgehead atoms. The van der Waals surface area contributed by atoms with E-state index >= 15 is 0 Å². The Morgan fingerprint density at radius 1 is 1.05 bits per heavy atom. The maximum Gasteiger partial charge on any atom is 0.172 e. The van der Waals surface area contributed by atoms with Crippen molar-refractivity contribution in [1.82, 2.24) is 0 Å². The molecule has 0 unspecified atom stereocenters. The summed E-state index contributed by atoms with van der Waals surface area (Å²) in [6, 6.07) is 8.30. The van der Waals surface area contributed by atoms with Crippen LogP contribution in [0.3, 0.4) is 0 Å². The molecule has 0 fully saturated rings. The van der Waals surface area contributed by atoms with E-state index in [9.17, 15) is 8.78 Å². The first-order valence-electron chi connectivity index (χ1n) is 6.33. The predicted octanol–water partition coefficient (Wildman–Crippen LogP) is 4.20. The quantitative estimate of drug-likeness (QED) is 0.847. The second kappa shape index (κ2) is 6.23. The van der Waals surface area contributed by atoms with Crippen LogP contribution in [0.25, 0.3) is 0 Å². The number of nitriles is 1. The Kier molecular flexibility index (Phi) is 4.39. The molecule has 0 heterocycles. The van der Waals surface area contributed by atoms with Crippen LogP contribution in [-0.4, -0.2) is 7.11 Å². The number of nitrogens with zero attached hydrogens (tertiary/aromatic N) is 1. The van der Waals surface area contributed by atoms with Gasteiger partial charge in [-0.05, 0) is 36.2 Å². The smallest absolute Gasteiger partial charge is 0.172 e. The molecule has 0 N–H and O–H groups in total. The van der Waals surface area contributed by atoms with Gasteiger partial charge < -0.3 is 9.47 Å². The van der Waals surface area contributed by atoms with E-state index in [0.29, 0.717) is 17.7 Å². The lowest BCUT2D eigenvalue weighted by molar-refractivity contribution is 0.367. The van der Waals surface area contributed by atoms with Crippen molar-refractivity contribution in [2.45, 2.75) is 13.3 Å². The van der Waals surface area contributed by atoms with Crippen molar-refractivity contribution >= 4 is 0 Å². The Hall–Kier alpha value is -2.61. The summed E-state index contributed by atoms with van der Waals surface area (Å²) in [4.78, 5) is 0. The number of hydrogen-bond donors (Lipinski definition) is 0. The monoisotopic (exact) mass is 289 g/mol. The first-order chi connectivity index (χ1) is 10.1. The van der Waals surface area contributed by atoms with Gasteiger partial charge >= 0.3 is 0 Å². The van der Waals surface area contributed by atoms with E-state index in [4.69, 9.17) is 14.7 Å². The molecular weight excluding hydrogens is 276 g/mol. The lowest BCUT2D eigenvalue weighted by atomic mass is 10.1. The summed E-state index contributed by atoms with van der Waals surface area (Å²) < 4.78 is 38.1. The Balaban J connectivity index is 2.40. The summed E-state index contributed by atoms with van der Waals surface area (Å²) in [5.41, 5.74) is 0.666. The highest BCUT2D eigenvalue weighted by Gasteiger charge is 2.14. The number of halogens is 2. The molecule has 0 saturated heterocycles. The van der Waals surface area contributed by atoms with Crippen LogP contribution in [0.4, 0.5) is 8.78 Å². The van der Waals surface area contributed by atoms with Crippen molar-refractivity contribution in [1.29, 1.82) is 5.26 Å². The molecule has 0 aromatic heterocycles. The normalized spacial score (nSPS) is 10.0. The van der Waals surface area contributed by atoms with Crippen LogP contribution >= 0.6 is 0 Å². The molecule has 0 amide bonds. The van der Waals surface area contributed by atoms with Crippen LogP contribution in [0, 0.1) is 23.0 Å². The second-order valence-electron chi connectivity index (χ2n) is 4.31. The van der Waals surface area contributed by atoms with E-state index in [0.717, 1.165) is 12.1 Å². The van der Waals surface area contributed by atoms with E-state index in [1.54, 1.807) is 0 Å². The Bertz CT molecular complexity index is 708. The molecule has 5 heteroatoms. The average Bonchev–Trinajstić information content (AvgIpc) is 2.49. The third-order valence-electron chi connectivity index (χ3n) is 2.99. The van der Waals surface area contributed by atoms with E-state index in [-0.39, 0.29) is 17.1 Å². The van der Waals surface area contributed by atoms with Gasteiger partial charge in [0.1, 0.15) is 5.82 Å². The molecule has 21 heavy (non-hydrogen) atoms. The standard InChI is InChI=1S/C16H13F2NO2/c1-3-11-7-15(20-2)16(8-12(11)17)21-14-5-4-10(9-19)6-13(14)18/h4-8H,3H2,1-2H3. The summed E-state index contributed by atoms with van der Waals surface area (Å²) in [6.07, 6.45) is 0.508. The van der Waals surface area contributed by atoms with Crippen LogP contribution < -0.4 is 9.47 Å². The largest absolute Gasteiger partial charge is 0.493 e. The molecule has 2 rings (SSSR count). The van der Waals surface area contributed by atoms with Gasteiger partial charge in [-0.25, -0.2) is 8.78 Å². The molecule has 108 valence electrons. The minimum atomic E-state index is -0.698. The fraction of sp³-hybridized carbons (Fsp3) is 0.188. The van der Waals surface area contributed by atoms with Crippen molar-refractivity contribution in [2.24, 2.45) is 0 Å². The van der Waals surface area contributed by atoms with Crippen molar-refractivity contribution in [3.8, 4) is 23.3 Å². The van der Waals surface area contributed by atoms with Crippen molar-refractivity contribution < 1.29 is 18.3 Å². The number of benzene rings is 2. The second-order valence-corrected chi connectivity index (χ2v) is 4.31. The first-order valence-corrected chi connectivity index (χ1v) is 6.33. The fourth-order valence-corrected chi connectivity index (χ4v) is 1.86. The number of ether oxygens (including phenoxy) is 2. The summed E-state index contributed by atoms with van der Waals surface area (Å²) in [5, 5.41) is 8.69. The highest BCUT2D eigenvalue weighted by Crippen LogP contribution is 2.35. The van der Waals surface area contributed by atoms with Crippen molar-refractivity contribution in [3.05, 3.63) is 53.1 Å². The van der Waals surface area contributed by atoms with Gasteiger partial charge in [0.2, 0.25) is 0 Å². The first kappa shape index (κ1) is 14.8. The molecule has 3 nitrogen and oxygen atoms in total. The third-order valence-corrected chi connectivity index (χ3v) is 2.99. The molecular formula is C16H13F2NO2. The van der Waals surface area contributed by atoms with Crippen molar-refractivity contribution in [2.75, 3.05) is 7.11 Å². The van der Waals surface area contributed by atoms with Gasteiger partial charge in [-0.2, -0.15) is 5.26 Å². The molecule has 0 radical (unpaired) electrons. The van der Waals surface area contributed by atoms with Crippen molar-refractivity contribution in [3.63, 3.8) is 0 Å². The zero-order chi connectivity index (χ0) is 15.4. The average molecular weight is 289 g/mol. The van der Waals surface area contributed by atoms with Crippen LogP contribution in [-0.2, 0) is 6.42 Å². The lowest BCUT2D eigenvalue weighted by Crippen LogP contribution is -1.97. The van der Waals surface area contributed by atoms with Gasteiger partial charge in [0, 0.05) is 6.07 Å². The van der Waals surface area contributed by atoms with Crippen LogP contribution in [0.2, 0.25) is 0 Å². The molecule has 0 aliphatic carbocycles. The molecule has 2 aromatic rings. The summed E-state index contributed by atoms with van der Waals surface area (Å²) in [5.74, 6) is -0.845. The van der Waals surface area contributed by atoms with Crippen LogP contribution in [0.5, 0.6) is 17.2 Å². The molecule has 0 atom stereocenters. The number of aryl methyl sites for hydroxylation is 1. The number of hydrogen-bond acceptors (Lipinski definition) is 3. The molecule has 0 spiro atoms. The van der Waals surface area contributed by atoms with Gasteiger partial charge in [0.05, 0.1) is 18.7 Å². The Labute approximate surface area is 121 Å². The molecule has 0 saturated carbocycles. The van der Waals surface area contributed by atoms with Crippen LogP contribution in [0.15, 0.2) is 30.3 Å². The van der Waals surface area contributed by atoms with E-state index in [1.165, 1.54) is 25.3 Å². The number of methoxy groups -OCH3 is 1. The van der Waals surface area contributed by atoms with E-state index in [2.05, 4.69) is 0 Å². The SMILES string of the molecule is CCc1cc(OC)c(Oc2ccc(C#N)cc2F)cc1F. The zero-order valence-corrected chi connectivity index (χ0v) is 11.6. The summed E-state index contributed by atoms with van der Waals surface area (Å²) >= 11 is 0. The van der Waals surface area contributed by atoms with E-state index in [1.807, 2.05) is 13.0 Å². The van der Waals surface area contributed by atoms with Crippen LogP contribution in [0.1, 0.15) is 18.1 Å². The van der Waals surface area contributed by atoms with Gasteiger partial charge in [-0.3, -0.25) is 0 Å². The zero-order valence-electron chi connectivity index (χ0n) is 11.6. The lowest BCUT2D eigenvalue weighted by Gasteiger charge is -2.13. The maximum absolute atomic E-state index is 13.8. The summed E-state index contributed by atoms with van der Waals surface area (Å²) in [6.45, 7) is 1.82.